The van der Waals surface area contributed by atoms with Crippen LogP contribution in [0.3, 0.4) is 0 Å². The van der Waals surface area contributed by atoms with Crippen molar-refractivity contribution in [3.05, 3.63) is 12.4 Å². The minimum absolute atomic E-state index is 0.954. The van der Waals surface area contributed by atoms with Gasteiger partial charge in [-0.3, -0.25) is 0 Å². The lowest BCUT2D eigenvalue weighted by Gasteiger charge is -1.82. The number of aromatic nitrogens is 3. The highest BCUT2D eigenvalue weighted by atomic mass is 32.2. The Bertz CT molecular complexity index is 227. The number of nitrogens with zero attached hydrogens (tertiary/aromatic N) is 3. The zero-order valence-electron chi connectivity index (χ0n) is 6.17. The summed E-state index contributed by atoms with van der Waals surface area (Å²) in [6, 6.07) is 0. The molecule has 0 aromatic carbocycles. The average Bonchev–Trinajstić information content (AvgIpc) is 2.63. The zero-order valence-corrected chi connectivity index (χ0v) is 8.70. The van der Waals surface area contributed by atoms with Crippen LogP contribution < -0.4 is 5.32 Å². The first-order valence-corrected chi connectivity index (χ1v) is 5.04. The van der Waals surface area contributed by atoms with Gasteiger partial charge in [-0.05, 0) is 12.8 Å². The second-order valence-corrected chi connectivity index (χ2v) is 4.07. The summed E-state index contributed by atoms with van der Waals surface area (Å²) in [5.41, 5.74) is 0. The third kappa shape index (κ3) is 3.93. The maximum Gasteiger partial charge on any atom is 0.133 e. The molecule has 1 saturated heterocycles. The van der Waals surface area contributed by atoms with Crippen molar-refractivity contribution >= 4 is 41.1 Å². The summed E-state index contributed by atoms with van der Waals surface area (Å²) in [6.45, 7) is 1.06. The largest absolute Gasteiger partial charge is 0.370 e. The number of thioether (sulfide) groups is 1. The van der Waals surface area contributed by atoms with Gasteiger partial charge in [-0.15, -0.1) is 5.10 Å². The first-order valence-electron chi connectivity index (χ1n) is 3.25. The van der Waals surface area contributed by atoms with Gasteiger partial charge >= 0.3 is 0 Å². The summed E-state index contributed by atoms with van der Waals surface area (Å²) in [6.07, 6.45) is 3.20. The standard InChI is InChI=1S/C3H5NS2.C2H3N3S/c5-3-4-1-2-6-3;6-5-2-1-3-4-5/h1-2H2,(H,4,5);1-2,6H. The summed E-state index contributed by atoms with van der Waals surface area (Å²) in [7, 11) is 0. The molecule has 0 saturated carbocycles. The Morgan fingerprint density at radius 3 is 2.75 bits per heavy atom. The van der Waals surface area contributed by atoms with Gasteiger partial charge in [0.2, 0.25) is 0 Å². The van der Waals surface area contributed by atoms with E-state index in [-0.39, 0.29) is 0 Å². The van der Waals surface area contributed by atoms with Gasteiger partial charge in [0.15, 0.2) is 0 Å². The first kappa shape index (κ1) is 9.82. The molecule has 0 aliphatic carbocycles. The quantitative estimate of drug-likeness (QED) is 0.494. The highest BCUT2D eigenvalue weighted by molar-refractivity contribution is 8.23. The summed E-state index contributed by atoms with van der Waals surface area (Å²) in [5.74, 6) is 1.15. The van der Waals surface area contributed by atoms with Gasteiger partial charge in [0.05, 0.1) is 12.4 Å². The summed E-state index contributed by atoms with van der Waals surface area (Å²) in [4.78, 5) is 0. The fraction of sp³-hybridized carbons (Fsp3) is 0.400. The Hall–Kier alpha value is -0.270. The van der Waals surface area contributed by atoms with Crippen molar-refractivity contribution in [1.29, 1.82) is 0 Å². The van der Waals surface area contributed by atoms with Crippen LogP contribution >= 0.6 is 36.8 Å². The second-order valence-electron chi connectivity index (χ2n) is 1.89. The van der Waals surface area contributed by atoms with E-state index in [0.29, 0.717) is 0 Å². The van der Waals surface area contributed by atoms with Gasteiger partial charge < -0.3 is 5.32 Å². The molecule has 7 heteroatoms. The molecule has 1 aromatic heterocycles. The zero-order chi connectivity index (χ0) is 8.81. The molecule has 1 N–H and O–H groups in total. The van der Waals surface area contributed by atoms with Crippen LogP contribution in [0.4, 0.5) is 0 Å². The van der Waals surface area contributed by atoms with E-state index in [1.807, 2.05) is 0 Å². The molecule has 0 spiro atoms. The molecule has 1 aliphatic heterocycles. The highest BCUT2D eigenvalue weighted by Crippen LogP contribution is 2.05. The van der Waals surface area contributed by atoms with Crippen molar-refractivity contribution in [2.45, 2.75) is 0 Å². The van der Waals surface area contributed by atoms with E-state index < -0.39 is 0 Å². The van der Waals surface area contributed by atoms with Crippen LogP contribution in [0.15, 0.2) is 12.4 Å². The lowest BCUT2D eigenvalue weighted by atomic mass is 10.8. The third-order valence-electron chi connectivity index (χ3n) is 1.01. The molecule has 1 fully saturated rings. The monoisotopic (exact) mass is 220 g/mol. The summed E-state index contributed by atoms with van der Waals surface area (Å²) in [5, 5.41) is 9.92. The molecular weight excluding hydrogens is 212 g/mol. The van der Waals surface area contributed by atoms with Crippen LogP contribution in [-0.4, -0.2) is 31.0 Å². The molecule has 2 rings (SSSR count). The van der Waals surface area contributed by atoms with Crippen LogP contribution in [0, 0.1) is 0 Å². The number of nitrogens with one attached hydrogen (secondary N) is 1. The molecule has 0 unspecified atom stereocenters. The van der Waals surface area contributed by atoms with Crippen molar-refractivity contribution in [3.63, 3.8) is 0 Å². The van der Waals surface area contributed by atoms with Crippen molar-refractivity contribution in [2.75, 3.05) is 12.3 Å². The fourth-order valence-corrected chi connectivity index (χ4v) is 1.60. The van der Waals surface area contributed by atoms with E-state index >= 15 is 0 Å². The number of rotatable bonds is 0. The van der Waals surface area contributed by atoms with E-state index in [1.165, 1.54) is 4.09 Å². The van der Waals surface area contributed by atoms with Gasteiger partial charge in [0.1, 0.15) is 4.32 Å². The molecule has 12 heavy (non-hydrogen) atoms. The van der Waals surface area contributed by atoms with Crippen molar-refractivity contribution < 1.29 is 0 Å². The lowest BCUT2D eigenvalue weighted by Crippen LogP contribution is -2.09. The Balaban J connectivity index is 0.000000120. The van der Waals surface area contributed by atoms with Gasteiger partial charge in [0.25, 0.3) is 0 Å². The molecular formula is C5H8N4S3. The average molecular weight is 220 g/mol. The predicted octanol–water partition coefficient (Wildman–Crippen LogP) is 0.579. The van der Waals surface area contributed by atoms with Gasteiger partial charge in [-0.2, -0.15) is 4.09 Å². The second kappa shape index (κ2) is 5.39. The Labute approximate surface area is 85.6 Å². The van der Waals surface area contributed by atoms with Crippen LogP contribution in [-0.2, 0) is 0 Å². The third-order valence-corrected chi connectivity index (χ3v) is 2.54. The van der Waals surface area contributed by atoms with Crippen LogP contribution in [0.1, 0.15) is 0 Å². The number of thiocarbonyl (C=S) groups is 1. The van der Waals surface area contributed by atoms with Gasteiger partial charge in [-0.1, -0.05) is 29.2 Å². The molecule has 1 aromatic rings. The number of hydrogen-bond acceptors (Lipinski definition) is 5. The predicted molar refractivity (Wildman–Crippen MR) is 57.5 cm³/mol. The molecule has 0 amide bonds. The first-order chi connectivity index (χ1) is 5.79. The van der Waals surface area contributed by atoms with Gasteiger partial charge in [0, 0.05) is 12.3 Å². The topological polar surface area (TPSA) is 42.7 Å². The van der Waals surface area contributed by atoms with E-state index in [0.717, 1.165) is 16.6 Å². The minimum atomic E-state index is 0.954. The van der Waals surface area contributed by atoms with Crippen molar-refractivity contribution in [2.24, 2.45) is 0 Å². The number of thiol groups is 1. The molecule has 0 radical (unpaired) electrons. The Kier molecular flexibility index (Phi) is 4.41. The van der Waals surface area contributed by atoms with E-state index in [9.17, 15) is 0 Å². The number of hydrogen-bond donors (Lipinski definition) is 2. The fourth-order valence-electron chi connectivity index (χ4n) is 0.550. The molecule has 2 heterocycles. The molecule has 4 nitrogen and oxygen atoms in total. The van der Waals surface area contributed by atoms with E-state index in [1.54, 1.807) is 24.2 Å². The molecule has 66 valence electrons. The molecule has 0 bridgehead atoms. The highest BCUT2D eigenvalue weighted by Gasteiger charge is 2.01. The lowest BCUT2D eigenvalue weighted by molar-refractivity contribution is 0.897. The van der Waals surface area contributed by atoms with Crippen LogP contribution in [0.2, 0.25) is 0 Å². The summed E-state index contributed by atoms with van der Waals surface area (Å²) >= 11 is 10.3. The normalized spacial score (nSPS) is 14.9. The summed E-state index contributed by atoms with van der Waals surface area (Å²) < 4.78 is 2.29. The van der Waals surface area contributed by atoms with E-state index in [4.69, 9.17) is 12.2 Å². The Morgan fingerprint density at radius 1 is 1.75 bits per heavy atom. The van der Waals surface area contributed by atoms with Crippen molar-refractivity contribution in [1.82, 2.24) is 19.7 Å². The Morgan fingerprint density at radius 2 is 2.58 bits per heavy atom. The van der Waals surface area contributed by atoms with Crippen LogP contribution in [0.5, 0.6) is 0 Å². The maximum atomic E-state index is 4.77. The minimum Gasteiger partial charge on any atom is -0.370 e. The van der Waals surface area contributed by atoms with Crippen molar-refractivity contribution in [3.8, 4) is 0 Å². The van der Waals surface area contributed by atoms with Gasteiger partial charge in [-0.25, -0.2) is 0 Å². The molecule has 1 aliphatic rings. The molecule has 0 atom stereocenters. The van der Waals surface area contributed by atoms with Crippen LogP contribution in [0.25, 0.3) is 0 Å². The van der Waals surface area contributed by atoms with E-state index in [2.05, 4.69) is 28.4 Å². The SMILES string of the molecule is S=C1NCCS1.Sn1ccnn1. The smallest absolute Gasteiger partial charge is 0.133 e. The maximum absolute atomic E-state index is 4.77.